The van der Waals surface area contributed by atoms with Crippen LogP contribution in [0, 0.1) is 11.6 Å². The number of nitrogens with one attached hydrogen (secondary N) is 2. The normalized spacial score (nSPS) is 17.5. The second-order valence-corrected chi connectivity index (χ2v) is 6.39. The summed E-state index contributed by atoms with van der Waals surface area (Å²) in [5.41, 5.74) is 2.12. The minimum absolute atomic E-state index is 0.0350. The Kier molecular flexibility index (Phi) is 4.24. The highest BCUT2D eigenvalue weighted by molar-refractivity contribution is 5.94. The molecule has 0 radical (unpaired) electrons. The van der Waals surface area contributed by atoms with Crippen molar-refractivity contribution in [2.24, 2.45) is 0 Å². The number of nitrogens with zero attached hydrogens (tertiary/aromatic N) is 3. The van der Waals surface area contributed by atoms with Crippen molar-refractivity contribution in [3.05, 3.63) is 59.7 Å². The van der Waals surface area contributed by atoms with Crippen LogP contribution in [-0.4, -0.2) is 44.1 Å². The van der Waals surface area contributed by atoms with Gasteiger partial charge in [0.25, 0.3) is 5.91 Å². The van der Waals surface area contributed by atoms with Crippen LogP contribution in [0.1, 0.15) is 34.8 Å². The smallest absolute Gasteiger partial charge is 0.256 e. The SMILES string of the molecule is O=C(c1ccncc1F)N1CCC[C@H](c2cc(-c3cc(F)c[nH]3)n[nH]2)C1. The van der Waals surface area contributed by atoms with Crippen molar-refractivity contribution in [1.29, 1.82) is 0 Å². The number of carbonyl (C=O) groups excluding carboxylic acids is 1. The molecule has 3 aromatic rings. The minimum atomic E-state index is -0.614. The fourth-order valence-electron chi connectivity index (χ4n) is 3.33. The van der Waals surface area contributed by atoms with E-state index in [1.165, 1.54) is 24.5 Å². The van der Waals surface area contributed by atoms with E-state index in [0.717, 1.165) is 24.7 Å². The van der Waals surface area contributed by atoms with Crippen molar-refractivity contribution < 1.29 is 13.6 Å². The van der Waals surface area contributed by atoms with Gasteiger partial charge >= 0.3 is 0 Å². The number of halogens is 2. The molecule has 1 aliphatic heterocycles. The third-order valence-electron chi connectivity index (χ3n) is 4.67. The Morgan fingerprint density at radius 3 is 2.96 bits per heavy atom. The molecule has 1 fully saturated rings. The maximum atomic E-state index is 13.8. The highest BCUT2D eigenvalue weighted by Gasteiger charge is 2.28. The first-order valence-electron chi connectivity index (χ1n) is 8.40. The first kappa shape index (κ1) is 16.4. The maximum Gasteiger partial charge on any atom is 0.256 e. The van der Waals surface area contributed by atoms with Crippen LogP contribution in [0.25, 0.3) is 11.4 Å². The number of aromatic nitrogens is 4. The molecule has 4 heterocycles. The average molecular weight is 357 g/mol. The van der Waals surface area contributed by atoms with Gasteiger partial charge in [-0.15, -0.1) is 0 Å². The highest BCUT2D eigenvalue weighted by Crippen LogP contribution is 2.29. The van der Waals surface area contributed by atoms with E-state index < -0.39 is 5.82 Å². The van der Waals surface area contributed by atoms with Gasteiger partial charge in [0.1, 0.15) is 11.5 Å². The monoisotopic (exact) mass is 357 g/mol. The Balaban J connectivity index is 1.51. The summed E-state index contributed by atoms with van der Waals surface area (Å²) < 4.78 is 27.0. The van der Waals surface area contributed by atoms with Crippen LogP contribution in [0.2, 0.25) is 0 Å². The first-order chi connectivity index (χ1) is 12.6. The summed E-state index contributed by atoms with van der Waals surface area (Å²) >= 11 is 0. The Labute approximate surface area is 148 Å². The first-order valence-corrected chi connectivity index (χ1v) is 8.40. The van der Waals surface area contributed by atoms with Crippen LogP contribution in [-0.2, 0) is 0 Å². The molecule has 0 aromatic carbocycles. The number of likely N-dealkylation sites (tertiary alicyclic amines) is 1. The van der Waals surface area contributed by atoms with Crippen molar-refractivity contribution in [2.45, 2.75) is 18.8 Å². The quantitative estimate of drug-likeness (QED) is 0.756. The summed E-state index contributed by atoms with van der Waals surface area (Å²) in [6.45, 7) is 1.06. The van der Waals surface area contributed by atoms with Crippen molar-refractivity contribution in [3.8, 4) is 11.4 Å². The van der Waals surface area contributed by atoms with Crippen molar-refractivity contribution in [2.75, 3.05) is 13.1 Å². The molecule has 134 valence electrons. The van der Waals surface area contributed by atoms with Crippen LogP contribution in [0.3, 0.4) is 0 Å². The molecular weight excluding hydrogens is 340 g/mol. The molecule has 2 N–H and O–H groups in total. The largest absolute Gasteiger partial charge is 0.357 e. The van der Waals surface area contributed by atoms with E-state index in [9.17, 15) is 13.6 Å². The summed E-state index contributed by atoms with van der Waals surface area (Å²) in [7, 11) is 0. The van der Waals surface area contributed by atoms with Gasteiger partial charge in [-0.1, -0.05) is 0 Å². The number of pyridine rings is 1. The van der Waals surface area contributed by atoms with Gasteiger partial charge in [-0.05, 0) is 25.0 Å². The van der Waals surface area contributed by atoms with Gasteiger partial charge in [-0.3, -0.25) is 14.9 Å². The fraction of sp³-hybridized carbons (Fsp3) is 0.278. The molecule has 8 heteroatoms. The lowest BCUT2D eigenvalue weighted by atomic mass is 9.94. The second-order valence-electron chi connectivity index (χ2n) is 6.39. The summed E-state index contributed by atoms with van der Waals surface area (Å²) in [6.07, 6.45) is 5.44. The topological polar surface area (TPSA) is 77.7 Å². The number of hydrogen-bond donors (Lipinski definition) is 2. The van der Waals surface area contributed by atoms with E-state index in [2.05, 4.69) is 20.2 Å². The molecule has 0 bridgehead atoms. The second kappa shape index (κ2) is 6.70. The highest BCUT2D eigenvalue weighted by atomic mass is 19.1. The maximum absolute atomic E-state index is 13.8. The average Bonchev–Trinajstić information content (AvgIpc) is 3.31. The van der Waals surface area contributed by atoms with Crippen molar-refractivity contribution in [3.63, 3.8) is 0 Å². The molecule has 1 atom stereocenters. The Hall–Kier alpha value is -3.03. The summed E-state index contributed by atoms with van der Waals surface area (Å²) in [4.78, 5) is 20.8. The molecule has 1 amide bonds. The van der Waals surface area contributed by atoms with Gasteiger partial charge in [0.05, 0.1) is 17.5 Å². The molecule has 0 saturated carbocycles. The number of amides is 1. The zero-order chi connectivity index (χ0) is 18.1. The van der Waals surface area contributed by atoms with E-state index in [1.807, 2.05) is 6.07 Å². The molecule has 3 aromatic heterocycles. The summed E-state index contributed by atoms with van der Waals surface area (Å²) in [5, 5.41) is 7.20. The molecule has 0 spiro atoms. The lowest BCUT2D eigenvalue weighted by Crippen LogP contribution is -2.39. The summed E-state index contributed by atoms with van der Waals surface area (Å²) in [5.74, 6) is -1.23. The van der Waals surface area contributed by atoms with Gasteiger partial charge in [0.15, 0.2) is 5.82 Å². The predicted octanol–water partition coefficient (Wildman–Crippen LogP) is 3.10. The zero-order valence-corrected chi connectivity index (χ0v) is 13.9. The van der Waals surface area contributed by atoms with Crippen LogP contribution < -0.4 is 0 Å². The van der Waals surface area contributed by atoms with Crippen LogP contribution >= 0.6 is 0 Å². The van der Waals surface area contributed by atoms with E-state index in [4.69, 9.17) is 0 Å². The van der Waals surface area contributed by atoms with E-state index >= 15 is 0 Å². The number of aromatic amines is 2. The number of piperidine rings is 1. The Bertz CT molecular complexity index is 935. The number of carbonyl (C=O) groups is 1. The molecule has 26 heavy (non-hydrogen) atoms. The van der Waals surface area contributed by atoms with Gasteiger partial charge in [0.2, 0.25) is 0 Å². The lowest BCUT2D eigenvalue weighted by Gasteiger charge is -2.32. The molecule has 0 aliphatic carbocycles. The molecular formula is C18H17F2N5O. The van der Waals surface area contributed by atoms with Gasteiger partial charge in [0, 0.05) is 43.2 Å². The predicted molar refractivity (Wildman–Crippen MR) is 90.4 cm³/mol. The number of rotatable bonds is 3. The standard InChI is InChI=1S/C18H17F2N5O/c19-12-6-16(22-8-12)17-7-15(23-24-17)11-2-1-5-25(10-11)18(26)13-3-4-21-9-14(13)20/h3-4,6-9,11,22H,1-2,5,10H2,(H,23,24)/t11-/m0/s1. The lowest BCUT2D eigenvalue weighted by molar-refractivity contribution is 0.0701. The van der Waals surface area contributed by atoms with Gasteiger partial charge in [-0.2, -0.15) is 5.10 Å². The van der Waals surface area contributed by atoms with Gasteiger partial charge in [-0.25, -0.2) is 8.78 Å². The molecule has 4 rings (SSSR count). The van der Waals surface area contributed by atoms with Crippen LogP contribution in [0.15, 0.2) is 36.8 Å². The van der Waals surface area contributed by atoms with E-state index in [1.54, 1.807) is 4.90 Å². The van der Waals surface area contributed by atoms with Crippen molar-refractivity contribution in [1.82, 2.24) is 25.1 Å². The third kappa shape index (κ3) is 3.10. The fourth-order valence-corrected chi connectivity index (χ4v) is 3.33. The Morgan fingerprint density at radius 1 is 1.31 bits per heavy atom. The molecule has 1 aliphatic rings. The van der Waals surface area contributed by atoms with Crippen LogP contribution in [0.4, 0.5) is 8.78 Å². The van der Waals surface area contributed by atoms with E-state index in [0.29, 0.717) is 24.5 Å². The molecule has 0 unspecified atom stereocenters. The minimum Gasteiger partial charge on any atom is -0.357 e. The van der Waals surface area contributed by atoms with Crippen molar-refractivity contribution >= 4 is 5.91 Å². The zero-order valence-electron chi connectivity index (χ0n) is 13.9. The summed E-state index contributed by atoms with van der Waals surface area (Å²) in [6, 6.07) is 4.63. The van der Waals surface area contributed by atoms with Gasteiger partial charge < -0.3 is 9.88 Å². The van der Waals surface area contributed by atoms with E-state index in [-0.39, 0.29) is 23.2 Å². The third-order valence-corrected chi connectivity index (χ3v) is 4.67. The van der Waals surface area contributed by atoms with Crippen LogP contribution in [0.5, 0.6) is 0 Å². The Morgan fingerprint density at radius 2 is 2.19 bits per heavy atom. The molecule has 1 saturated heterocycles. The molecule has 6 nitrogen and oxygen atoms in total. The number of H-pyrrole nitrogens is 2. The number of hydrogen-bond acceptors (Lipinski definition) is 3.